The van der Waals surface area contributed by atoms with E-state index in [9.17, 15) is 14.0 Å². The smallest absolute Gasteiger partial charge is 0.279 e. The van der Waals surface area contributed by atoms with Crippen LogP contribution in [0.4, 0.5) is 10.1 Å². The minimum absolute atomic E-state index is 0.0535. The minimum Gasteiger partial charge on any atom is -0.327 e. The van der Waals surface area contributed by atoms with E-state index in [2.05, 4.69) is 5.32 Å². The first-order valence-electron chi connectivity index (χ1n) is 9.31. The molecule has 3 rings (SSSR count). The molecule has 1 heterocycles. The second-order valence-corrected chi connectivity index (χ2v) is 7.77. The van der Waals surface area contributed by atoms with Crippen molar-refractivity contribution in [1.29, 1.82) is 0 Å². The third-order valence-corrected chi connectivity index (χ3v) is 5.40. The van der Waals surface area contributed by atoms with Gasteiger partial charge in [-0.25, -0.2) is 4.39 Å². The number of carbonyl (C=O) groups is 2. The molecule has 0 spiro atoms. The molecule has 0 aromatic heterocycles. The van der Waals surface area contributed by atoms with Crippen LogP contribution >= 0.6 is 11.8 Å². The topological polar surface area (TPSA) is 53.9 Å². The number of anilines is 1. The molecule has 2 aromatic carbocycles. The standard InChI is InChI=1S/C21H24FN3O2S/c1-28-15-16-3-2-4-17(13-16)21(27)25-11-9-24(10-12-25)14-20(26)23-19-7-5-18(22)6-8-19/h2-8,13H,9-12,14-15H2,1H3,(H,23,26)/p+1. The zero-order valence-electron chi connectivity index (χ0n) is 15.9. The Balaban J connectivity index is 1.48. The van der Waals surface area contributed by atoms with E-state index in [1.807, 2.05) is 35.4 Å². The average Bonchev–Trinajstić information content (AvgIpc) is 2.70. The van der Waals surface area contributed by atoms with Crippen molar-refractivity contribution in [3.63, 3.8) is 0 Å². The Bertz CT molecular complexity index is 821. The molecule has 7 heteroatoms. The van der Waals surface area contributed by atoms with Gasteiger partial charge in [0.2, 0.25) is 0 Å². The van der Waals surface area contributed by atoms with Crippen LogP contribution < -0.4 is 10.2 Å². The summed E-state index contributed by atoms with van der Waals surface area (Å²) >= 11 is 1.73. The van der Waals surface area contributed by atoms with Crippen LogP contribution in [0.1, 0.15) is 15.9 Å². The fraction of sp³-hybridized carbons (Fsp3) is 0.333. The van der Waals surface area contributed by atoms with Crippen LogP contribution in [0.3, 0.4) is 0 Å². The zero-order chi connectivity index (χ0) is 19.9. The molecule has 0 atom stereocenters. The van der Waals surface area contributed by atoms with Crippen LogP contribution in [-0.4, -0.2) is 55.7 Å². The lowest BCUT2D eigenvalue weighted by atomic mass is 10.1. The first-order valence-corrected chi connectivity index (χ1v) is 10.7. The number of hydrogen-bond donors (Lipinski definition) is 2. The van der Waals surface area contributed by atoms with Crippen molar-refractivity contribution in [2.45, 2.75) is 5.75 Å². The molecule has 5 nitrogen and oxygen atoms in total. The van der Waals surface area contributed by atoms with Gasteiger partial charge < -0.3 is 15.1 Å². The molecule has 1 saturated heterocycles. The van der Waals surface area contributed by atoms with E-state index in [-0.39, 0.29) is 17.6 Å². The highest BCUT2D eigenvalue weighted by molar-refractivity contribution is 7.97. The largest absolute Gasteiger partial charge is 0.327 e. The average molecular weight is 403 g/mol. The highest BCUT2D eigenvalue weighted by Gasteiger charge is 2.26. The van der Waals surface area contributed by atoms with Crippen molar-refractivity contribution in [3.8, 4) is 0 Å². The van der Waals surface area contributed by atoms with Crippen LogP contribution in [0.2, 0.25) is 0 Å². The van der Waals surface area contributed by atoms with E-state index < -0.39 is 0 Å². The maximum atomic E-state index is 12.9. The van der Waals surface area contributed by atoms with E-state index in [0.717, 1.165) is 34.9 Å². The maximum Gasteiger partial charge on any atom is 0.279 e. The predicted octanol–water partition coefficient (Wildman–Crippen LogP) is 1.67. The van der Waals surface area contributed by atoms with Crippen LogP contribution in [-0.2, 0) is 10.5 Å². The number of piperazine rings is 1. The normalized spacial score (nSPS) is 14.7. The van der Waals surface area contributed by atoms with Gasteiger partial charge in [-0.05, 0) is 48.2 Å². The lowest BCUT2D eigenvalue weighted by Gasteiger charge is -2.32. The second-order valence-electron chi connectivity index (χ2n) is 6.91. The second kappa shape index (κ2) is 9.71. The van der Waals surface area contributed by atoms with Gasteiger partial charge in [0.15, 0.2) is 6.54 Å². The first kappa shape index (κ1) is 20.4. The third-order valence-electron chi connectivity index (χ3n) is 4.78. The quantitative estimate of drug-likeness (QED) is 0.773. The lowest BCUT2D eigenvalue weighted by molar-refractivity contribution is -0.895. The molecule has 1 fully saturated rings. The lowest BCUT2D eigenvalue weighted by Crippen LogP contribution is -3.15. The van der Waals surface area contributed by atoms with Gasteiger partial charge in [0.25, 0.3) is 11.8 Å². The van der Waals surface area contributed by atoms with Crippen LogP contribution in [0.15, 0.2) is 48.5 Å². The molecule has 0 aliphatic carbocycles. The molecule has 2 N–H and O–H groups in total. The fourth-order valence-corrected chi connectivity index (χ4v) is 3.82. The summed E-state index contributed by atoms with van der Waals surface area (Å²) in [6, 6.07) is 13.5. The first-order chi connectivity index (χ1) is 13.5. The number of carbonyl (C=O) groups excluding carboxylic acids is 2. The van der Waals surface area contributed by atoms with Gasteiger partial charge in [0, 0.05) is 17.0 Å². The van der Waals surface area contributed by atoms with E-state index in [1.165, 1.54) is 12.1 Å². The summed E-state index contributed by atoms with van der Waals surface area (Å²) in [6.45, 7) is 3.05. The van der Waals surface area contributed by atoms with Gasteiger partial charge in [-0.2, -0.15) is 11.8 Å². The van der Waals surface area contributed by atoms with E-state index in [4.69, 9.17) is 0 Å². The molecule has 2 amide bonds. The Hall–Kier alpha value is -2.38. The Morgan fingerprint density at radius 1 is 1.14 bits per heavy atom. The van der Waals surface area contributed by atoms with Crippen molar-refractivity contribution in [3.05, 3.63) is 65.5 Å². The number of benzene rings is 2. The Kier molecular flexibility index (Phi) is 7.06. The molecule has 28 heavy (non-hydrogen) atoms. The van der Waals surface area contributed by atoms with Gasteiger partial charge in [-0.15, -0.1) is 0 Å². The van der Waals surface area contributed by atoms with Gasteiger partial charge >= 0.3 is 0 Å². The predicted molar refractivity (Wildman–Crippen MR) is 110 cm³/mol. The zero-order valence-corrected chi connectivity index (χ0v) is 16.7. The van der Waals surface area contributed by atoms with Crippen molar-refractivity contribution in [2.75, 3.05) is 44.3 Å². The number of rotatable bonds is 6. The molecule has 0 saturated carbocycles. The number of amides is 2. The highest BCUT2D eigenvalue weighted by atomic mass is 32.2. The highest BCUT2D eigenvalue weighted by Crippen LogP contribution is 2.13. The molecule has 2 aromatic rings. The maximum absolute atomic E-state index is 12.9. The number of thioether (sulfide) groups is 1. The molecule has 148 valence electrons. The van der Waals surface area contributed by atoms with E-state index >= 15 is 0 Å². The third kappa shape index (κ3) is 5.56. The molecular weight excluding hydrogens is 377 g/mol. The molecule has 0 unspecified atom stereocenters. The molecule has 0 radical (unpaired) electrons. The van der Waals surface area contributed by atoms with Crippen molar-refractivity contribution < 1.29 is 18.9 Å². The summed E-state index contributed by atoms with van der Waals surface area (Å²) in [7, 11) is 0. The van der Waals surface area contributed by atoms with Crippen LogP contribution in [0, 0.1) is 5.82 Å². The van der Waals surface area contributed by atoms with Gasteiger partial charge in [-0.3, -0.25) is 9.59 Å². The summed E-state index contributed by atoms with van der Waals surface area (Å²) in [6.07, 6.45) is 2.04. The molecule has 0 bridgehead atoms. The molecular formula is C21H25FN3O2S+. The molecule has 1 aliphatic heterocycles. The van der Waals surface area contributed by atoms with E-state index in [1.54, 1.807) is 23.9 Å². The SMILES string of the molecule is CSCc1cccc(C(=O)N2CC[NH+](CC(=O)Nc3ccc(F)cc3)CC2)c1. The fourth-order valence-electron chi connectivity index (χ4n) is 3.31. The van der Waals surface area contributed by atoms with Crippen molar-refractivity contribution >= 4 is 29.3 Å². The summed E-state index contributed by atoms with van der Waals surface area (Å²) in [5.41, 5.74) is 2.47. The van der Waals surface area contributed by atoms with Gasteiger partial charge in [0.1, 0.15) is 5.82 Å². The Morgan fingerprint density at radius 3 is 2.54 bits per heavy atom. The van der Waals surface area contributed by atoms with Crippen molar-refractivity contribution in [2.24, 2.45) is 0 Å². The summed E-state index contributed by atoms with van der Waals surface area (Å²) in [4.78, 5) is 27.9. The number of quaternary nitrogens is 1. The number of nitrogens with zero attached hydrogens (tertiary/aromatic N) is 1. The summed E-state index contributed by atoms with van der Waals surface area (Å²) < 4.78 is 12.9. The minimum atomic E-state index is -0.330. The number of halogens is 1. The Labute approximate surface area is 168 Å². The van der Waals surface area contributed by atoms with Crippen LogP contribution in [0.25, 0.3) is 0 Å². The van der Waals surface area contributed by atoms with Crippen LogP contribution in [0.5, 0.6) is 0 Å². The molecule has 1 aliphatic rings. The number of hydrogen-bond acceptors (Lipinski definition) is 3. The Morgan fingerprint density at radius 2 is 1.86 bits per heavy atom. The van der Waals surface area contributed by atoms with Gasteiger partial charge in [0.05, 0.1) is 26.2 Å². The van der Waals surface area contributed by atoms with E-state index in [0.29, 0.717) is 25.3 Å². The van der Waals surface area contributed by atoms with Gasteiger partial charge in [-0.1, -0.05) is 12.1 Å². The van der Waals surface area contributed by atoms with Crippen molar-refractivity contribution in [1.82, 2.24) is 4.90 Å². The summed E-state index contributed by atoms with van der Waals surface area (Å²) in [5, 5.41) is 2.79. The number of nitrogens with one attached hydrogen (secondary N) is 2. The monoisotopic (exact) mass is 402 g/mol. The summed E-state index contributed by atoms with van der Waals surface area (Å²) in [5.74, 6) is 0.509.